The van der Waals surface area contributed by atoms with Crippen molar-refractivity contribution in [3.63, 3.8) is 0 Å². The minimum Gasteiger partial charge on any atom is -0.370 e. The van der Waals surface area contributed by atoms with Gasteiger partial charge in [-0.25, -0.2) is 0 Å². The lowest BCUT2D eigenvalue weighted by atomic mass is 10.0. The average molecular weight is 539 g/mol. The summed E-state index contributed by atoms with van der Waals surface area (Å²) in [5, 5.41) is 7.03. The molecule has 3 rings (SSSR count). The first-order valence-corrected chi connectivity index (χ1v) is 9.40. The predicted octanol–water partition coefficient (Wildman–Crippen LogP) is 3.60. The highest BCUT2D eigenvalue weighted by atomic mass is 127. The van der Waals surface area contributed by atoms with Gasteiger partial charge >= 0.3 is 6.18 Å². The topological polar surface area (TPSA) is 75.8 Å². The summed E-state index contributed by atoms with van der Waals surface area (Å²) in [6.07, 6.45) is -3.40. The Morgan fingerprint density at radius 3 is 2.83 bits per heavy atom. The molecule has 1 aromatic carbocycles. The van der Waals surface area contributed by atoms with Gasteiger partial charge in [0.1, 0.15) is 6.10 Å². The zero-order valence-electron chi connectivity index (χ0n) is 16.8. The highest BCUT2D eigenvalue weighted by Gasteiger charge is 2.32. The van der Waals surface area contributed by atoms with Gasteiger partial charge in [0.15, 0.2) is 11.8 Å². The number of guanidine groups is 1. The second-order valence-electron chi connectivity index (χ2n) is 6.74. The maximum absolute atomic E-state index is 13.0. The summed E-state index contributed by atoms with van der Waals surface area (Å²) in [5.41, 5.74) is -0.166. The molecule has 11 heteroatoms. The van der Waals surface area contributed by atoms with Gasteiger partial charge in [0.05, 0.1) is 18.7 Å². The first kappa shape index (κ1) is 24.4. The molecule has 1 aromatic heterocycles. The fourth-order valence-corrected chi connectivity index (χ4v) is 3.17. The number of halogens is 4. The molecule has 2 heterocycles. The third-order valence-corrected chi connectivity index (χ3v) is 4.58. The van der Waals surface area contributed by atoms with Crippen LogP contribution in [0, 0.1) is 6.92 Å². The second-order valence-corrected chi connectivity index (χ2v) is 6.74. The van der Waals surface area contributed by atoms with E-state index in [2.05, 4.69) is 20.4 Å². The quantitative estimate of drug-likeness (QED) is 0.271. The molecule has 1 fully saturated rings. The number of hydrogen-bond acceptors (Lipinski definition) is 5. The van der Waals surface area contributed by atoms with Crippen LogP contribution in [-0.4, -0.2) is 54.3 Å². The van der Waals surface area contributed by atoms with E-state index in [0.717, 1.165) is 18.6 Å². The molecule has 30 heavy (non-hydrogen) atoms. The summed E-state index contributed by atoms with van der Waals surface area (Å²) in [5.74, 6) is 1.89. The van der Waals surface area contributed by atoms with Crippen LogP contribution >= 0.6 is 24.0 Å². The Balaban J connectivity index is 0.00000320. The predicted molar refractivity (Wildman–Crippen MR) is 116 cm³/mol. The smallest absolute Gasteiger partial charge is 0.370 e. The summed E-state index contributed by atoms with van der Waals surface area (Å²) >= 11 is 0. The third kappa shape index (κ3) is 6.56. The van der Waals surface area contributed by atoms with Crippen molar-refractivity contribution >= 4 is 29.9 Å². The first-order valence-electron chi connectivity index (χ1n) is 9.40. The number of aromatic nitrogens is 2. The Labute approximate surface area is 190 Å². The van der Waals surface area contributed by atoms with E-state index in [9.17, 15) is 13.2 Å². The Morgan fingerprint density at radius 2 is 2.17 bits per heavy atom. The molecule has 0 radical (unpaired) electrons. The fourth-order valence-electron chi connectivity index (χ4n) is 3.17. The molecule has 0 amide bonds. The normalized spacial score (nSPS) is 17.6. The van der Waals surface area contributed by atoms with Crippen molar-refractivity contribution < 1.29 is 22.4 Å². The van der Waals surface area contributed by atoms with Crippen LogP contribution in [0.2, 0.25) is 0 Å². The number of nitrogens with one attached hydrogen (secondary N) is 1. The van der Waals surface area contributed by atoms with Gasteiger partial charge in [-0.05, 0) is 31.0 Å². The highest BCUT2D eigenvalue weighted by molar-refractivity contribution is 14.0. The number of nitrogens with zero attached hydrogens (tertiary/aromatic N) is 4. The molecule has 7 nitrogen and oxygen atoms in total. The lowest BCUT2D eigenvalue weighted by molar-refractivity contribution is -0.137. The largest absolute Gasteiger partial charge is 0.416 e. The average Bonchev–Trinajstić information content (AvgIpc) is 3.13. The van der Waals surface area contributed by atoms with E-state index in [4.69, 9.17) is 9.26 Å². The second kappa shape index (κ2) is 10.9. The lowest BCUT2D eigenvalue weighted by Crippen LogP contribution is -2.48. The number of morpholine rings is 1. The van der Waals surface area contributed by atoms with Crippen molar-refractivity contribution in [2.24, 2.45) is 4.99 Å². The monoisotopic (exact) mass is 539 g/mol. The van der Waals surface area contributed by atoms with Gasteiger partial charge in [0, 0.05) is 26.6 Å². The highest BCUT2D eigenvalue weighted by Crippen LogP contribution is 2.32. The summed E-state index contributed by atoms with van der Waals surface area (Å²) in [7, 11) is 1.68. The zero-order valence-corrected chi connectivity index (χ0v) is 19.1. The molecule has 166 valence electrons. The number of benzene rings is 1. The number of aryl methyl sites for hydroxylation is 2. The van der Waals surface area contributed by atoms with Crippen molar-refractivity contribution in [1.82, 2.24) is 20.4 Å². The summed E-state index contributed by atoms with van der Waals surface area (Å²) < 4.78 is 49.8. The van der Waals surface area contributed by atoms with Crippen LogP contribution in [0.15, 0.2) is 33.8 Å². The molecule has 0 saturated carbocycles. The Hall–Kier alpha value is -1.89. The van der Waals surface area contributed by atoms with Crippen molar-refractivity contribution in [1.29, 1.82) is 0 Å². The maximum Gasteiger partial charge on any atom is 0.416 e. The number of hydrogen-bond donors (Lipinski definition) is 1. The van der Waals surface area contributed by atoms with E-state index in [-0.39, 0.29) is 24.0 Å². The third-order valence-electron chi connectivity index (χ3n) is 4.58. The number of aliphatic imine (C=N–C) groups is 1. The van der Waals surface area contributed by atoms with Crippen molar-refractivity contribution in [3.8, 4) is 0 Å². The number of rotatable bonds is 5. The fraction of sp³-hybridized carbons (Fsp3) is 0.526. The van der Waals surface area contributed by atoms with E-state index >= 15 is 0 Å². The molecule has 1 aliphatic heterocycles. The van der Waals surface area contributed by atoms with Crippen molar-refractivity contribution in [3.05, 3.63) is 47.1 Å². The van der Waals surface area contributed by atoms with E-state index < -0.39 is 17.8 Å². The van der Waals surface area contributed by atoms with Gasteiger partial charge in [-0.15, -0.1) is 24.0 Å². The molecule has 0 aliphatic carbocycles. The van der Waals surface area contributed by atoms with Crippen LogP contribution < -0.4 is 5.32 Å². The summed E-state index contributed by atoms with van der Waals surface area (Å²) in [6, 6.07) is 5.28. The van der Waals surface area contributed by atoms with Crippen LogP contribution in [-0.2, 0) is 17.3 Å². The van der Waals surface area contributed by atoms with E-state index in [1.54, 1.807) is 20.0 Å². The first-order chi connectivity index (χ1) is 13.9. The molecule has 1 N–H and O–H groups in total. The van der Waals surface area contributed by atoms with E-state index in [1.807, 2.05) is 4.90 Å². The molecule has 2 aromatic rings. The Morgan fingerprint density at radius 1 is 1.37 bits per heavy atom. The minimum atomic E-state index is -4.38. The molecular formula is C19H25F3IN5O2. The molecule has 1 unspecified atom stereocenters. The van der Waals surface area contributed by atoms with Gasteiger partial charge in [-0.3, -0.25) is 4.99 Å². The van der Waals surface area contributed by atoms with Gasteiger partial charge in [0.25, 0.3) is 0 Å². The van der Waals surface area contributed by atoms with Crippen molar-refractivity contribution in [2.75, 3.05) is 33.3 Å². The van der Waals surface area contributed by atoms with Crippen LogP contribution in [0.1, 0.15) is 35.4 Å². The SMILES string of the molecule is CN=C(NCCCc1nc(C)no1)N1CCOC(c2cccc(C(F)(F)F)c2)C1.I. The zero-order chi connectivity index (χ0) is 20.9. The van der Waals surface area contributed by atoms with Gasteiger partial charge in [0.2, 0.25) is 5.89 Å². The van der Waals surface area contributed by atoms with Gasteiger partial charge in [-0.2, -0.15) is 18.2 Å². The molecule has 1 aliphatic rings. The molecular weight excluding hydrogens is 514 g/mol. The number of ether oxygens (including phenoxy) is 1. The Bertz CT molecular complexity index is 844. The van der Waals surface area contributed by atoms with Crippen LogP contribution in [0.5, 0.6) is 0 Å². The van der Waals surface area contributed by atoms with Gasteiger partial charge in [-0.1, -0.05) is 17.3 Å². The van der Waals surface area contributed by atoms with Gasteiger partial charge < -0.3 is 19.5 Å². The van der Waals surface area contributed by atoms with Crippen LogP contribution in [0.3, 0.4) is 0 Å². The minimum absolute atomic E-state index is 0. The molecule has 1 atom stereocenters. The van der Waals surface area contributed by atoms with Crippen LogP contribution in [0.25, 0.3) is 0 Å². The Kier molecular flexibility index (Phi) is 8.89. The van der Waals surface area contributed by atoms with Crippen molar-refractivity contribution in [2.45, 2.75) is 32.0 Å². The molecule has 0 spiro atoms. The molecule has 0 bridgehead atoms. The summed E-state index contributed by atoms with van der Waals surface area (Å²) in [6.45, 7) is 3.86. The lowest BCUT2D eigenvalue weighted by Gasteiger charge is -2.35. The number of alkyl halides is 3. The van der Waals surface area contributed by atoms with E-state index in [1.165, 1.54) is 6.07 Å². The summed E-state index contributed by atoms with van der Waals surface area (Å²) in [4.78, 5) is 10.4. The standard InChI is InChI=1S/C19H24F3N5O2.HI/c1-13-25-17(29-26-13)7-4-8-24-18(23-2)27-9-10-28-16(12-27)14-5-3-6-15(11-14)19(20,21)22;/h3,5-6,11,16H,4,7-10,12H2,1-2H3,(H,23,24);1H. The van der Waals surface area contributed by atoms with E-state index in [0.29, 0.717) is 55.9 Å². The molecule has 1 saturated heterocycles. The maximum atomic E-state index is 13.0. The van der Waals surface area contributed by atoms with Crippen LogP contribution in [0.4, 0.5) is 13.2 Å².